The van der Waals surface area contributed by atoms with Crippen molar-refractivity contribution in [2.45, 2.75) is 34.1 Å². The van der Waals surface area contributed by atoms with E-state index in [0.717, 1.165) is 68.9 Å². The molecule has 6 aromatic rings. The van der Waals surface area contributed by atoms with Gasteiger partial charge in [-0.05, 0) is 49.1 Å². The molecule has 3 N–H and O–H groups in total. The fraction of sp³-hybridized carbons (Fsp3) is 0.241. The molecule has 37 heavy (non-hydrogen) atoms. The van der Waals surface area contributed by atoms with E-state index >= 15 is 0 Å². The van der Waals surface area contributed by atoms with Crippen LogP contribution in [-0.4, -0.2) is 36.7 Å². The van der Waals surface area contributed by atoms with Gasteiger partial charge in [0.05, 0.1) is 22.1 Å². The highest BCUT2D eigenvalue weighted by molar-refractivity contribution is 7.15. The molecule has 186 valence electrons. The van der Waals surface area contributed by atoms with Gasteiger partial charge in [-0.25, -0.2) is 9.97 Å². The number of thiophene rings is 1. The van der Waals surface area contributed by atoms with Gasteiger partial charge >= 0.3 is 0 Å². The van der Waals surface area contributed by atoms with Crippen LogP contribution >= 0.6 is 11.3 Å². The monoisotopic (exact) mass is 507 g/mol. The Morgan fingerprint density at radius 1 is 1.00 bits per heavy atom. The Balaban J connectivity index is 1.35. The largest absolute Gasteiger partial charge is 0.384 e. The molecule has 1 aromatic carbocycles. The zero-order valence-electron chi connectivity index (χ0n) is 21.4. The summed E-state index contributed by atoms with van der Waals surface area (Å²) < 4.78 is 0. The first-order valence-electron chi connectivity index (χ1n) is 12.4. The van der Waals surface area contributed by atoms with Gasteiger partial charge in [-0.2, -0.15) is 5.10 Å². The van der Waals surface area contributed by atoms with Crippen molar-refractivity contribution in [1.82, 2.24) is 30.1 Å². The van der Waals surface area contributed by atoms with E-state index in [4.69, 9.17) is 4.98 Å². The van der Waals surface area contributed by atoms with Crippen LogP contribution in [0.25, 0.3) is 55.2 Å². The Morgan fingerprint density at radius 2 is 1.86 bits per heavy atom. The van der Waals surface area contributed by atoms with Crippen molar-refractivity contribution in [2.75, 3.05) is 11.9 Å². The molecule has 6 rings (SSSR count). The number of hydrogen-bond donors (Lipinski definition) is 3. The highest BCUT2D eigenvalue weighted by atomic mass is 32.1. The predicted molar refractivity (Wildman–Crippen MR) is 153 cm³/mol. The number of hydrogen-bond acceptors (Lipinski definition) is 6. The Labute approximate surface area is 219 Å². The molecule has 0 spiro atoms. The zero-order chi connectivity index (χ0) is 25.6. The number of H-pyrrole nitrogens is 2. The van der Waals surface area contributed by atoms with Crippen molar-refractivity contribution in [2.24, 2.45) is 5.41 Å². The summed E-state index contributed by atoms with van der Waals surface area (Å²) in [6.07, 6.45) is 6.67. The van der Waals surface area contributed by atoms with Gasteiger partial charge in [0.1, 0.15) is 5.69 Å². The van der Waals surface area contributed by atoms with Crippen LogP contribution in [0.15, 0.2) is 61.1 Å². The van der Waals surface area contributed by atoms with Crippen molar-refractivity contribution in [3.63, 3.8) is 0 Å². The van der Waals surface area contributed by atoms with Crippen molar-refractivity contribution in [3.05, 3.63) is 65.9 Å². The highest BCUT2D eigenvalue weighted by Gasteiger charge is 2.17. The van der Waals surface area contributed by atoms with Crippen LogP contribution in [0, 0.1) is 12.3 Å². The Bertz CT molecular complexity index is 1720. The van der Waals surface area contributed by atoms with Crippen LogP contribution in [0.1, 0.15) is 32.1 Å². The van der Waals surface area contributed by atoms with E-state index in [-0.39, 0.29) is 5.41 Å². The number of anilines is 1. The van der Waals surface area contributed by atoms with E-state index in [1.807, 2.05) is 18.6 Å². The summed E-state index contributed by atoms with van der Waals surface area (Å²) in [5.74, 6) is 0.719. The standard InChI is InChI=1S/C29H29N7S/c1-17-8-9-24(37-17)21-6-5-7-23-25(21)34-28(33-23)26-22-13-19(15-32-27(22)36-35-26)18-12-20(16-30-14-18)31-11-10-29(2,3)4/h5-9,12-16,31H,10-11H2,1-4H3,(H,33,34)(H,32,35,36). The molecular weight excluding hydrogens is 478 g/mol. The summed E-state index contributed by atoms with van der Waals surface area (Å²) in [7, 11) is 0. The lowest BCUT2D eigenvalue weighted by molar-refractivity contribution is 0.390. The smallest absolute Gasteiger partial charge is 0.159 e. The normalized spacial score (nSPS) is 12.0. The molecule has 0 saturated heterocycles. The van der Waals surface area contributed by atoms with Crippen molar-refractivity contribution in [3.8, 4) is 33.1 Å². The van der Waals surface area contributed by atoms with Crippen LogP contribution in [0.3, 0.4) is 0 Å². The number of rotatable bonds is 6. The third-order valence-corrected chi connectivity index (χ3v) is 7.47. The summed E-state index contributed by atoms with van der Waals surface area (Å²) in [6, 6.07) is 14.8. The van der Waals surface area contributed by atoms with Crippen LogP contribution in [0.5, 0.6) is 0 Å². The summed E-state index contributed by atoms with van der Waals surface area (Å²) in [5, 5.41) is 12.1. The predicted octanol–water partition coefficient (Wildman–Crippen LogP) is 7.45. The van der Waals surface area contributed by atoms with Gasteiger partial charge in [0.25, 0.3) is 0 Å². The SMILES string of the molecule is Cc1ccc(-c2cccc3[nH]c(-c4n[nH]c5ncc(-c6cncc(NCCC(C)(C)C)c6)cc45)nc23)s1. The van der Waals surface area contributed by atoms with Crippen LogP contribution < -0.4 is 5.32 Å². The molecule has 0 aliphatic carbocycles. The average molecular weight is 508 g/mol. The van der Waals surface area contributed by atoms with Gasteiger partial charge in [0.2, 0.25) is 0 Å². The van der Waals surface area contributed by atoms with Gasteiger partial charge in [0.15, 0.2) is 11.5 Å². The van der Waals surface area contributed by atoms with E-state index in [2.05, 4.69) is 101 Å². The van der Waals surface area contributed by atoms with Crippen LogP contribution in [0.4, 0.5) is 5.69 Å². The maximum Gasteiger partial charge on any atom is 0.159 e. The number of para-hydroxylation sites is 1. The minimum atomic E-state index is 0.283. The summed E-state index contributed by atoms with van der Waals surface area (Å²) in [6.45, 7) is 9.77. The lowest BCUT2D eigenvalue weighted by atomic mass is 9.92. The molecule has 7 nitrogen and oxygen atoms in total. The van der Waals surface area contributed by atoms with Gasteiger partial charge in [0, 0.05) is 51.6 Å². The van der Waals surface area contributed by atoms with E-state index in [9.17, 15) is 0 Å². The van der Waals surface area contributed by atoms with E-state index in [1.54, 1.807) is 11.3 Å². The first kappa shape index (κ1) is 23.4. The maximum absolute atomic E-state index is 4.98. The number of benzene rings is 1. The quantitative estimate of drug-likeness (QED) is 0.218. The van der Waals surface area contributed by atoms with Crippen molar-refractivity contribution < 1.29 is 0 Å². The molecule has 0 aliphatic rings. The second-order valence-electron chi connectivity index (χ2n) is 10.6. The number of pyridine rings is 2. The fourth-order valence-corrected chi connectivity index (χ4v) is 5.33. The average Bonchev–Trinajstić information content (AvgIpc) is 3.60. The molecule has 0 aliphatic heterocycles. The molecular formula is C29H29N7S. The Hall–Kier alpha value is -4.04. The zero-order valence-corrected chi connectivity index (χ0v) is 22.2. The van der Waals surface area contributed by atoms with Gasteiger partial charge < -0.3 is 10.3 Å². The van der Waals surface area contributed by atoms with Crippen molar-refractivity contribution >= 4 is 39.1 Å². The van der Waals surface area contributed by atoms with Gasteiger partial charge in [-0.1, -0.05) is 32.9 Å². The minimum Gasteiger partial charge on any atom is -0.384 e. The topological polar surface area (TPSA) is 95.2 Å². The molecule has 0 radical (unpaired) electrons. The molecule has 0 amide bonds. The fourth-order valence-electron chi connectivity index (χ4n) is 4.44. The summed E-state index contributed by atoms with van der Waals surface area (Å²) >= 11 is 1.77. The summed E-state index contributed by atoms with van der Waals surface area (Å²) in [4.78, 5) is 20.0. The number of aryl methyl sites for hydroxylation is 1. The molecule has 0 fully saturated rings. The molecule has 5 aromatic heterocycles. The van der Waals surface area contributed by atoms with Gasteiger partial charge in [-0.3, -0.25) is 10.1 Å². The molecule has 0 atom stereocenters. The number of fused-ring (bicyclic) bond motifs is 2. The first-order valence-corrected chi connectivity index (χ1v) is 13.2. The number of imidazole rings is 1. The number of nitrogens with zero attached hydrogens (tertiary/aromatic N) is 4. The Kier molecular flexibility index (Phi) is 5.76. The first-order chi connectivity index (χ1) is 17.8. The molecule has 8 heteroatoms. The lowest BCUT2D eigenvalue weighted by Crippen LogP contribution is -2.12. The lowest BCUT2D eigenvalue weighted by Gasteiger charge is -2.18. The van der Waals surface area contributed by atoms with Crippen LogP contribution in [0.2, 0.25) is 0 Å². The van der Waals surface area contributed by atoms with Gasteiger partial charge in [-0.15, -0.1) is 11.3 Å². The van der Waals surface area contributed by atoms with E-state index in [0.29, 0.717) is 0 Å². The molecule has 5 heterocycles. The highest BCUT2D eigenvalue weighted by Crippen LogP contribution is 2.35. The third kappa shape index (κ3) is 4.72. The molecule has 0 saturated carbocycles. The number of aromatic nitrogens is 6. The number of nitrogens with one attached hydrogen (secondary N) is 3. The maximum atomic E-state index is 4.98. The summed E-state index contributed by atoms with van der Waals surface area (Å²) in [5.41, 5.74) is 7.79. The van der Waals surface area contributed by atoms with Crippen LogP contribution in [-0.2, 0) is 0 Å². The molecule has 0 unspecified atom stereocenters. The molecule has 0 bridgehead atoms. The second kappa shape index (κ2) is 9.12. The minimum absolute atomic E-state index is 0.283. The Morgan fingerprint density at radius 3 is 2.68 bits per heavy atom. The third-order valence-electron chi connectivity index (χ3n) is 6.43. The second-order valence-corrected chi connectivity index (χ2v) is 11.9. The number of aromatic amines is 2. The van der Waals surface area contributed by atoms with E-state index in [1.165, 1.54) is 9.75 Å². The van der Waals surface area contributed by atoms with E-state index < -0.39 is 0 Å². The van der Waals surface area contributed by atoms with Crippen molar-refractivity contribution in [1.29, 1.82) is 0 Å².